The normalized spacial score (nSPS) is 22.9. The van der Waals surface area contributed by atoms with E-state index in [1.54, 1.807) is 19.3 Å². The number of para-hydroxylation sites is 1. The number of methoxy groups -OCH3 is 1. The topological polar surface area (TPSA) is 104 Å². The number of hydrogen-bond acceptors (Lipinski definition) is 7. The van der Waals surface area contributed by atoms with E-state index in [4.69, 9.17) is 9.84 Å². The van der Waals surface area contributed by atoms with E-state index in [1.807, 2.05) is 24.3 Å². The maximum absolute atomic E-state index is 12.2. The number of thioether (sulfide) groups is 2. The summed E-state index contributed by atoms with van der Waals surface area (Å²) >= 11 is 2.86. The summed E-state index contributed by atoms with van der Waals surface area (Å²) in [6.45, 7) is 0. The Balaban J connectivity index is 1.87. The fourth-order valence-corrected chi connectivity index (χ4v) is 5.45. The molecule has 1 aliphatic rings. The summed E-state index contributed by atoms with van der Waals surface area (Å²) in [6, 6.07) is 7.49. The lowest BCUT2D eigenvalue weighted by Crippen LogP contribution is -2.22. The van der Waals surface area contributed by atoms with Crippen LogP contribution in [0, 0.1) is 5.92 Å². The summed E-state index contributed by atoms with van der Waals surface area (Å²) in [5.41, 5.74) is 0.889. The van der Waals surface area contributed by atoms with Crippen molar-refractivity contribution in [1.29, 1.82) is 0 Å². The molecule has 0 heterocycles. The molecule has 1 aromatic rings. The molecule has 0 saturated heterocycles. The molecule has 4 atom stereocenters. The van der Waals surface area contributed by atoms with E-state index in [1.165, 1.54) is 23.5 Å². The van der Waals surface area contributed by atoms with Crippen LogP contribution >= 0.6 is 23.5 Å². The summed E-state index contributed by atoms with van der Waals surface area (Å²) in [7, 11) is 1.59. The number of carboxylic acid groups (broad SMARTS) is 1. The molecule has 0 unspecified atom stereocenters. The van der Waals surface area contributed by atoms with Gasteiger partial charge in [0.1, 0.15) is 11.5 Å². The number of hydrogen-bond donors (Lipinski definition) is 3. The van der Waals surface area contributed by atoms with E-state index < -0.39 is 18.2 Å². The minimum atomic E-state index is -0.825. The van der Waals surface area contributed by atoms with Gasteiger partial charge in [0.15, 0.2) is 0 Å². The standard InChI is InChI=1S/C21H28O6S2/c1-27-19-6-3-2-5-14(19)11-15(22)7-8-16-17(23)12-18(24)21(16)29-10-4-9-28-13-20(25)26/h2-3,5-8,15-17,21-23H,4,9-13H2,1H3,(H,25,26)/b8-7+/t15-,16+,17-,21-/m1/s1. The number of rotatable bonds is 12. The quantitative estimate of drug-likeness (QED) is 0.336. The van der Waals surface area contributed by atoms with Gasteiger partial charge in [-0.3, -0.25) is 9.59 Å². The Labute approximate surface area is 179 Å². The molecule has 0 aliphatic heterocycles. The first-order valence-electron chi connectivity index (χ1n) is 9.52. The van der Waals surface area contributed by atoms with Crippen LogP contribution in [0.3, 0.4) is 0 Å². The second-order valence-corrected chi connectivity index (χ2v) is 9.23. The Kier molecular flexibility index (Phi) is 10.1. The zero-order chi connectivity index (χ0) is 21.2. The number of carboxylic acids is 1. The van der Waals surface area contributed by atoms with Crippen molar-refractivity contribution in [3.63, 3.8) is 0 Å². The monoisotopic (exact) mass is 440 g/mol. The Hall–Kier alpha value is -1.48. The lowest BCUT2D eigenvalue weighted by Gasteiger charge is -2.18. The molecule has 3 N–H and O–H groups in total. The molecule has 6 nitrogen and oxygen atoms in total. The first-order valence-corrected chi connectivity index (χ1v) is 11.7. The molecule has 0 radical (unpaired) electrons. The van der Waals surface area contributed by atoms with Gasteiger partial charge >= 0.3 is 5.97 Å². The number of ketones is 1. The Morgan fingerprint density at radius 3 is 2.83 bits per heavy atom. The molecule has 1 aromatic carbocycles. The van der Waals surface area contributed by atoms with E-state index >= 15 is 0 Å². The third-order valence-corrected chi connectivity index (χ3v) is 7.14. The van der Waals surface area contributed by atoms with Crippen LogP contribution in [0.2, 0.25) is 0 Å². The van der Waals surface area contributed by atoms with Gasteiger partial charge in [0, 0.05) is 18.8 Å². The summed E-state index contributed by atoms with van der Waals surface area (Å²) in [6.07, 6.45) is 3.24. The van der Waals surface area contributed by atoms with Crippen LogP contribution in [-0.4, -0.2) is 68.9 Å². The Morgan fingerprint density at radius 2 is 2.10 bits per heavy atom. The Bertz CT molecular complexity index is 708. The highest BCUT2D eigenvalue weighted by atomic mass is 32.2. The van der Waals surface area contributed by atoms with Crippen LogP contribution in [0.4, 0.5) is 0 Å². The van der Waals surface area contributed by atoms with E-state index in [0.717, 1.165) is 23.5 Å². The van der Waals surface area contributed by atoms with Gasteiger partial charge in [0.2, 0.25) is 0 Å². The number of aliphatic carboxylic acids is 1. The van der Waals surface area contributed by atoms with Crippen LogP contribution in [0.15, 0.2) is 36.4 Å². The van der Waals surface area contributed by atoms with Crippen LogP contribution in [-0.2, 0) is 16.0 Å². The lowest BCUT2D eigenvalue weighted by molar-refractivity contribution is -0.133. The average Bonchev–Trinajstić information content (AvgIpc) is 2.95. The predicted octanol–water partition coefficient (Wildman–Crippen LogP) is 2.41. The van der Waals surface area contributed by atoms with Crippen LogP contribution in [0.1, 0.15) is 18.4 Å². The second-order valence-electron chi connectivity index (χ2n) is 6.87. The van der Waals surface area contributed by atoms with Gasteiger partial charge in [-0.15, -0.1) is 11.8 Å². The van der Waals surface area contributed by atoms with E-state index in [9.17, 15) is 19.8 Å². The third kappa shape index (κ3) is 7.70. The summed E-state index contributed by atoms with van der Waals surface area (Å²) in [5, 5.41) is 28.9. The molecule has 0 aromatic heterocycles. The molecular formula is C21H28O6S2. The summed E-state index contributed by atoms with van der Waals surface area (Å²) < 4.78 is 5.30. The van der Waals surface area contributed by atoms with Crippen LogP contribution < -0.4 is 4.74 Å². The molecule has 8 heteroatoms. The molecule has 29 heavy (non-hydrogen) atoms. The largest absolute Gasteiger partial charge is 0.496 e. The molecule has 1 aliphatic carbocycles. The number of Topliss-reactive ketones (excluding diaryl/α,β-unsaturated/α-hetero) is 1. The predicted molar refractivity (Wildman–Crippen MR) is 117 cm³/mol. The van der Waals surface area contributed by atoms with Crippen molar-refractivity contribution in [2.75, 3.05) is 24.4 Å². The zero-order valence-electron chi connectivity index (χ0n) is 16.4. The maximum Gasteiger partial charge on any atom is 0.313 e. The lowest BCUT2D eigenvalue weighted by atomic mass is 10.0. The molecule has 1 saturated carbocycles. The van der Waals surface area contributed by atoms with Crippen molar-refractivity contribution in [2.24, 2.45) is 5.92 Å². The van der Waals surface area contributed by atoms with Gasteiger partial charge in [0.05, 0.1) is 30.3 Å². The molecule has 1 fully saturated rings. The van der Waals surface area contributed by atoms with Crippen molar-refractivity contribution >= 4 is 35.3 Å². The zero-order valence-corrected chi connectivity index (χ0v) is 18.0. The third-order valence-electron chi connectivity index (χ3n) is 4.65. The number of carbonyl (C=O) groups excluding carboxylic acids is 1. The van der Waals surface area contributed by atoms with E-state index in [0.29, 0.717) is 12.2 Å². The second kappa shape index (κ2) is 12.3. The molecule has 0 spiro atoms. The average molecular weight is 441 g/mol. The summed E-state index contributed by atoms with van der Waals surface area (Å²) in [5.74, 6) is 1.12. The van der Waals surface area contributed by atoms with Crippen molar-refractivity contribution < 1.29 is 29.6 Å². The SMILES string of the molecule is COc1ccccc1C[C@H](O)/C=C/[C@H]1[C@H](O)CC(=O)[C@@H]1SCCCSCC(=O)O. The number of ether oxygens (including phenoxy) is 1. The number of carbonyl (C=O) groups is 2. The highest BCUT2D eigenvalue weighted by molar-refractivity contribution is 8.01. The first-order chi connectivity index (χ1) is 13.9. The number of aliphatic hydroxyl groups is 2. The van der Waals surface area contributed by atoms with Gasteiger partial charge in [-0.25, -0.2) is 0 Å². The van der Waals surface area contributed by atoms with Crippen molar-refractivity contribution in [1.82, 2.24) is 0 Å². The smallest absolute Gasteiger partial charge is 0.313 e. The minimum absolute atomic E-state index is 0.0227. The molecule has 2 rings (SSSR count). The first kappa shape index (κ1) is 23.8. The van der Waals surface area contributed by atoms with Crippen LogP contribution in [0.25, 0.3) is 0 Å². The van der Waals surface area contributed by atoms with E-state index in [2.05, 4.69) is 0 Å². The van der Waals surface area contributed by atoms with Gasteiger partial charge in [0.25, 0.3) is 0 Å². The van der Waals surface area contributed by atoms with E-state index in [-0.39, 0.29) is 29.1 Å². The number of aliphatic hydroxyl groups excluding tert-OH is 2. The highest BCUT2D eigenvalue weighted by Crippen LogP contribution is 2.34. The van der Waals surface area contributed by atoms with Gasteiger partial charge in [-0.2, -0.15) is 11.8 Å². The molecule has 0 bridgehead atoms. The molecular weight excluding hydrogens is 412 g/mol. The molecule has 160 valence electrons. The molecule has 0 amide bonds. The van der Waals surface area contributed by atoms with Crippen molar-refractivity contribution in [3.05, 3.63) is 42.0 Å². The van der Waals surface area contributed by atoms with Gasteiger partial charge in [-0.1, -0.05) is 30.4 Å². The van der Waals surface area contributed by atoms with Crippen LogP contribution in [0.5, 0.6) is 5.75 Å². The number of benzene rings is 1. The van der Waals surface area contributed by atoms with Gasteiger partial charge < -0.3 is 20.1 Å². The fourth-order valence-electron chi connectivity index (χ4n) is 3.26. The Morgan fingerprint density at radius 1 is 1.34 bits per heavy atom. The minimum Gasteiger partial charge on any atom is -0.496 e. The summed E-state index contributed by atoms with van der Waals surface area (Å²) in [4.78, 5) is 22.8. The highest BCUT2D eigenvalue weighted by Gasteiger charge is 2.40. The van der Waals surface area contributed by atoms with Gasteiger partial charge in [-0.05, 0) is 29.6 Å². The van der Waals surface area contributed by atoms with Crippen molar-refractivity contribution in [3.8, 4) is 5.75 Å². The van der Waals surface area contributed by atoms with Crippen molar-refractivity contribution in [2.45, 2.75) is 36.7 Å². The fraction of sp³-hybridized carbons (Fsp3) is 0.524. The maximum atomic E-state index is 12.2.